The van der Waals surface area contributed by atoms with Crippen molar-refractivity contribution in [1.29, 1.82) is 0 Å². The molecule has 0 radical (unpaired) electrons. The number of para-hydroxylation sites is 1. The highest BCUT2D eigenvalue weighted by Gasteiger charge is 2.12. The first kappa shape index (κ1) is 16.2. The number of amides is 1. The Morgan fingerprint density at radius 3 is 2.68 bits per heavy atom. The van der Waals surface area contributed by atoms with Crippen LogP contribution in [0.3, 0.4) is 0 Å². The zero-order chi connectivity index (χ0) is 19.1. The number of rotatable bonds is 3. The Morgan fingerprint density at radius 2 is 1.82 bits per heavy atom. The van der Waals surface area contributed by atoms with Gasteiger partial charge in [-0.25, -0.2) is 0 Å². The quantitative estimate of drug-likeness (QED) is 0.506. The van der Waals surface area contributed by atoms with Crippen molar-refractivity contribution in [2.45, 2.75) is 6.92 Å². The molecule has 2 N–H and O–H groups in total. The topological polar surface area (TPSA) is 88.0 Å². The minimum absolute atomic E-state index is 0.148. The average Bonchev–Trinajstić information content (AvgIpc) is 3.32. The number of aryl methyl sites for hydroxylation is 1. The average molecular weight is 368 g/mol. The number of carbonyl (C=O) groups is 1. The maximum Gasteiger partial charge on any atom is 0.257 e. The fraction of sp³-hybridized carbons (Fsp3) is 0.0476. The minimum Gasteiger partial charge on any atom is -0.360 e. The molecule has 0 aliphatic heterocycles. The number of fused-ring (bicyclic) bond motifs is 2. The van der Waals surface area contributed by atoms with Crippen molar-refractivity contribution in [1.82, 2.24) is 24.8 Å². The molecule has 1 amide bonds. The zero-order valence-electron chi connectivity index (χ0n) is 15.0. The Labute approximate surface area is 160 Å². The van der Waals surface area contributed by atoms with Gasteiger partial charge in [0.25, 0.3) is 5.91 Å². The van der Waals surface area contributed by atoms with Gasteiger partial charge in [0.1, 0.15) is 0 Å². The van der Waals surface area contributed by atoms with Crippen LogP contribution in [0, 0.1) is 6.92 Å². The first-order chi connectivity index (χ1) is 13.7. The van der Waals surface area contributed by atoms with Crippen molar-refractivity contribution in [3.8, 4) is 11.3 Å². The number of benzene rings is 2. The summed E-state index contributed by atoms with van der Waals surface area (Å²) in [6.07, 6.45) is 1.73. The molecule has 2 aromatic carbocycles. The molecule has 0 spiro atoms. The lowest BCUT2D eigenvalue weighted by Crippen LogP contribution is -2.11. The molecule has 7 nitrogen and oxygen atoms in total. The molecular formula is C21H16N6O. The molecule has 5 aromatic rings. The van der Waals surface area contributed by atoms with E-state index < -0.39 is 0 Å². The SMILES string of the molecule is Cc1nnc2ccc(-c3ccc(NC(=O)c4c[nH]c5ccccc45)cc3)nn12. The summed E-state index contributed by atoms with van der Waals surface area (Å²) in [5, 5.41) is 16.5. The minimum atomic E-state index is -0.148. The van der Waals surface area contributed by atoms with E-state index in [1.165, 1.54) is 0 Å². The molecule has 0 unspecified atom stereocenters. The highest BCUT2D eigenvalue weighted by Crippen LogP contribution is 2.22. The summed E-state index contributed by atoms with van der Waals surface area (Å²) < 4.78 is 1.71. The van der Waals surface area contributed by atoms with E-state index in [1.54, 1.807) is 10.7 Å². The number of aromatic nitrogens is 5. The van der Waals surface area contributed by atoms with Crippen LogP contribution in [0.25, 0.3) is 27.8 Å². The molecule has 0 fully saturated rings. The molecule has 0 bridgehead atoms. The first-order valence-corrected chi connectivity index (χ1v) is 8.86. The summed E-state index contributed by atoms with van der Waals surface area (Å²) in [5.74, 6) is 0.587. The smallest absolute Gasteiger partial charge is 0.257 e. The van der Waals surface area contributed by atoms with Gasteiger partial charge < -0.3 is 10.3 Å². The number of hydrogen-bond acceptors (Lipinski definition) is 4. The van der Waals surface area contributed by atoms with Crippen molar-refractivity contribution in [2.75, 3.05) is 5.32 Å². The number of hydrogen-bond donors (Lipinski definition) is 2. The van der Waals surface area contributed by atoms with Crippen LogP contribution in [0.1, 0.15) is 16.2 Å². The van der Waals surface area contributed by atoms with Gasteiger partial charge in [0.15, 0.2) is 11.5 Å². The van der Waals surface area contributed by atoms with Gasteiger partial charge in [-0.1, -0.05) is 30.3 Å². The third-order valence-corrected chi connectivity index (χ3v) is 4.69. The molecule has 136 valence electrons. The Bertz CT molecular complexity index is 1320. The Morgan fingerprint density at radius 1 is 1.00 bits per heavy atom. The van der Waals surface area contributed by atoms with E-state index in [-0.39, 0.29) is 5.91 Å². The number of nitrogens with one attached hydrogen (secondary N) is 2. The predicted octanol–water partition coefficient (Wildman–Crippen LogP) is 3.83. The van der Waals surface area contributed by atoms with Gasteiger partial charge in [-0.3, -0.25) is 4.79 Å². The molecule has 0 saturated heterocycles. The van der Waals surface area contributed by atoms with E-state index in [9.17, 15) is 4.79 Å². The largest absolute Gasteiger partial charge is 0.360 e. The van der Waals surface area contributed by atoms with E-state index in [2.05, 4.69) is 25.6 Å². The number of aromatic amines is 1. The van der Waals surface area contributed by atoms with E-state index in [4.69, 9.17) is 0 Å². The first-order valence-electron chi connectivity index (χ1n) is 8.86. The summed E-state index contributed by atoms with van der Waals surface area (Å²) >= 11 is 0. The molecule has 0 aliphatic carbocycles. The van der Waals surface area contributed by atoms with Gasteiger partial charge in [-0.2, -0.15) is 9.61 Å². The molecule has 0 atom stereocenters. The monoisotopic (exact) mass is 368 g/mol. The second kappa shape index (κ2) is 6.31. The lowest BCUT2D eigenvalue weighted by Gasteiger charge is -2.06. The van der Waals surface area contributed by atoms with Crippen LogP contribution in [0.15, 0.2) is 66.9 Å². The fourth-order valence-electron chi connectivity index (χ4n) is 3.23. The molecular weight excluding hydrogens is 352 g/mol. The maximum atomic E-state index is 12.6. The summed E-state index contributed by atoms with van der Waals surface area (Å²) in [5.41, 5.74) is 4.75. The van der Waals surface area contributed by atoms with Crippen LogP contribution >= 0.6 is 0 Å². The van der Waals surface area contributed by atoms with Crippen molar-refractivity contribution in [3.05, 3.63) is 78.2 Å². The second-order valence-corrected chi connectivity index (χ2v) is 6.52. The van der Waals surface area contributed by atoms with Gasteiger partial charge >= 0.3 is 0 Å². The third kappa shape index (κ3) is 2.69. The number of anilines is 1. The summed E-state index contributed by atoms with van der Waals surface area (Å²) in [7, 11) is 0. The highest BCUT2D eigenvalue weighted by molar-refractivity contribution is 6.12. The molecule has 0 aliphatic rings. The van der Waals surface area contributed by atoms with Crippen LogP contribution in [-0.2, 0) is 0 Å². The third-order valence-electron chi connectivity index (χ3n) is 4.69. The number of nitrogens with zero attached hydrogens (tertiary/aromatic N) is 4. The van der Waals surface area contributed by atoms with E-state index >= 15 is 0 Å². The van der Waals surface area contributed by atoms with Gasteiger partial charge in [0, 0.05) is 28.4 Å². The van der Waals surface area contributed by atoms with E-state index in [0.717, 1.165) is 33.7 Å². The van der Waals surface area contributed by atoms with Gasteiger partial charge in [0.2, 0.25) is 0 Å². The van der Waals surface area contributed by atoms with Gasteiger partial charge in [0.05, 0.1) is 11.3 Å². The molecule has 3 aromatic heterocycles. The van der Waals surface area contributed by atoms with Crippen LogP contribution in [0.5, 0.6) is 0 Å². The Balaban J connectivity index is 1.40. The summed E-state index contributed by atoms with van der Waals surface area (Å²) in [4.78, 5) is 15.8. The standard InChI is InChI=1S/C21H16N6O/c1-13-24-25-20-11-10-18(26-27(13)20)14-6-8-15(9-7-14)23-21(28)17-12-22-19-5-3-2-4-16(17)19/h2-12,22H,1H3,(H,23,28). The van der Waals surface area contributed by atoms with Crippen molar-refractivity contribution in [3.63, 3.8) is 0 Å². The van der Waals surface area contributed by atoms with E-state index in [0.29, 0.717) is 11.2 Å². The number of carbonyl (C=O) groups excluding carboxylic acids is 1. The molecule has 3 heterocycles. The normalized spacial score (nSPS) is 11.2. The highest BCUT2D eigenvalue weighted by atomic mass is 16.1. The maximum absolute atomic E-state index is 12.6. The van der Waals surface area contributed by atoms with Gasteiger partial charge in [-0.15, -0.1) is 10.2 Å². The molecule has 5 rings (SSSR count). The lowest BCUT2D eigenvalue weighted by atomic mass is 10.1. The summed E-state index contributed by atoms with van der Waals surface area (Å²) in [6.45, 7) is 1.86. The van der Waals surface area contributed by atoms with Crippen LogP contribution in [0.4, 0.5) is 5.69 Å². The van der Waals surface area contributed by atoms with Crippen molar-refractivity contribution in [2.24, 2.45) is 0 Å². The Kier molecular flexibility index (Phi) is 3.65. The second-order valence-electron chi connectivity index (χ2n) is 6.52. The predicted molar refractivity (Wildman–Crippen MR) is 107 cm³/mol. The lowest BCUT2D eigenvalue weighted by molar-refractivity contribution is 0.102. The van der Waals surface area contributed by atoms with Crippen LogP contribution in [0.2, 0.25) is 0 Å². The number of H-pyrrole nitrogens is 1. The van der Waals surface area contributed by atoms with Crippen LogP contribution < -0.4 is 5.32 Å². The fourth-order valence-corrected chi connectivity index (χ4v) is 3.23. The van der Waals surface area contributed by atoms with Crippen molar-refractivity contribution < 1.29 is 4.79 Å². The van der Waals surface area contributed by atoms with Crippen LogP contribution in [-0.4, -0.2) is 30.7 Å². The van der Waals surface area contributed by atoms with Gasteiger partial charge in [-0.05, 0) is 37.3 Å². The van der Waals surface area contributed by atoms with E-state index in [1.807, 2.05) is 67.6 Å². The Hall–Kier alpha value is -4.00. The molecule has 0 saturated carbocycles. The molecule has 7 heteroatoms. The zero-order valence-corrected chi connectivity index (χ0v) is 15.0. The molecule has 28 heavy (non-hydrogen) atoms. The van der Waals surface area contributed by atoms with Crippen molar-refractivity contribution >= 4 is 28.1 Å². The summed E-state index contributed by atoms with van der Waals surface area (Å²) in [6, 6.07) is 19.1.